The molecular weight excluding hydrogens is 248 g/mol. The minimum atomic E-state index is 0.344. The molecule has 4 heteroatoms. The van der Waals surface area contributed by atoms with Crippen molar-refractivity contribution in [1.29, 1.82) is 0 Å². The number of aromatic nitrogens is 2. The SMILES string of the molecule is CCCCCCC(Cc1ccn(C(CC)CC)n1)NN. The Morgan fingerprint density at radius 2 is 1.95 bits per heavy atom. The van der Waals surface area contributed by atoms with Crippen molar-refractivity contribution < 1.29 is 0 Å². The minimum Gasteiger partial charge on any atom is -0.271 e. The van der Waals surface area contributed by atoms with Crippen LogP contribution in [0.15, 0.2) is 12.3 Å². The molecule has 0 fully saturated rings. The maximum Gasteiger partial charge on any atom is 0.0640 e. The van der Waals surface area contributed by atoms with Crippen molar-refractivity contribution >= 4 is 0 Å². The van der Waals surface area contributed by atoms with Crippen LogP contribution in [0.1, 0.15) is 77.5 Å². The molecule has 1 unspecified atom stereocenters. The van der Waals surface area contributed by atoms with E-state index in [-0.39, 0.29) is 0 Å². The molecule has 0 aromatic carbocycles. The van der Waals surface area contributed by atoms with Crippen LogP contribution in [0.4, 0.5) is 0 Å². The number of rotatable bonds is 11. The van der Waals surface area contributed by atoms with E-state index in [0.29, 0.717) is 12.1 Å². The summed E-state index contributed by atoms with van der Waals surface area (Å²) in [6, 6.07) is 3.00. The van der Waals surface area contributed by atoms with Gasteiger partial charge in [-0.2, -0.15) is 5.10 Å². The highest BCUT2D eigenvalue weighted by Crippen LogP contribution is 2.16. The summed E-state index contributed by atoms with van der Waals surface area (Å²) in [5.74, 6) is 5.67. The van der Waals surface area contributed by atoms with Crippen LogP contribution >= 0.6 is 0 Å². The second kappa shape index (κ2) is 9.94. The molecule has 4 nitrogen and oxygen atoms in total. The monoisotopic (exact) mass is 280 g/mol. The smallest absolute Gasteiger partial charge is 0.0640 e. The molecule has 1 aromatic rings. The largest absolute Gasteiger partial charge is 0.271 e. The fraction of sp³-hybridized carbons (Fsp3) is 0.812. The Balaban J connectivity index is 2.44. The van der Waals surface area contributed by atoms with E-state index in [1.54, 1.807) is 0 Å². The molecule has 0 spiro atoms. The topological polar surface area (TPSA) is 55.9 Å². The normalized spacial score (nSPS) is 13.1. The van der Waals surface area contributed by atoms with Gasteiger partial charge in [0.05, 0.1) is 11.7 Å². The summed E-state index contributed by atoms with van der Waals surface area (Å²) < 4.78 is 2.11. The second-order valence-electron chi connectivity index (χ2n) is 5.67. The summed E-state index contributed by atoms with van der Waals surface area (Å²) in [5, 5.41) is 4.71. The van der Waals surface area contributed by atoms with Crippen LogP contribution in [0, 0.1) is 0 Å². The lowest BCUT2D eigenvalue weighted by atomic mass is 10.0. The van der Waals surface area contributed by atoms with Crippen LogP contribution in [0.25, 0.3) is 0 Å². The highest BCUT2D eigenvalue weighted by atomic mass is 15.3. The molecule has 0 radical (unpaired) electrons. The van der Waals surface area contributed by atoms with Crippen molar-refractivity contribution in [1.82, 2.24) is 15.2 Å². The molecule has 0 saturated carbocycles. The van der Waals surface area contributed by atoms with Gasteiger partial charge in [-0.25, -0.2) is 0 Å². The Bertz CT molecular complexity index is 344. The van der Waals surface area contributed by atoms with E-state index in [0.717, 1.165) is 31.4 Å². The second-order valence-corrected chi connectivity index (χ2v) is 5.67. The van der Waals surface area contributed by atoms with E-state index in [1.165, 1.54) is 25.7 Å². The summed E-state index contributed by atoms with van der Waals surface area (Å²) >= 11 is 0. The van der Waals surface area contributed by atoms with E-state index in [4.69, 9.17) is 10.9 Å². The molecule has 1 atom stereocenters. The number of hydrogen-bond acceptors (Lipinski definition) is 3. The zero-order valence-electron chi connectivity index (χ0n) is 13.4. The highest BCUT2D eigenvalue weighted by Gasteiger charge is 2.12. The summed E-state index contributed by atoms with van der Waals surface area (Å²) in [6.07, 6.45) is 11.6. The average Bonchev–Trinajstić information content (AvgIpc) is 2.92. The molecule has 1 rings (SSSR count). The molecule has 0 bridgehead atoms. The van der Waals surface area contributed by atoms with Crippen LogP contribution in [-0.4, -0.2) is 15.8 Å². The van der Waals surface area contributed by atoms with Crippen LogP contribution in [0.5, 0.6) is 0 Å². The quantitative estimate of drug-likeness (QED) is 0.370. The van der Waals surface area contributed by atoms with Gasteiger partial charge in [0, 0.05) is 18.7 Å². The maximum atomic E-state index is 5.67. The number of hydrogen-bond donors (Lipinski definition) is 2. The van der Waals surface area contributed by atoms with Gasteiger partial charge in [0.25, 0.3) is 0 Å². The van der Waals surface area contributed by atoms with Crippen LogP contribution in [-0.2, 0) is 6.42 Å². The summed E-state index contributed by atoms with van der Waals surface area (Å²) in [5.41, 5.74) is 4.09. The van der Waals surface area contributed by atoms with Crippen molar-refractivity contribution in [2.45, 2.75) is 84.2 Å². The van der Waals surface area contributed by atoms with Gasteiger partial charge in [-0.05, 0) is 25.3 Å². The lowest BCUT2D eigenvalue weighted by Gasteiger charge is -2.15. The van der Waals surface area contributed by atoms with Crippen molar-refractivity contribution in [3.63, 3.8) is 0 Å². The number of nitrogens with two attached hydrogens (primary N) is 1. The molecule has 3 N–H and O–H groups in total. The number of nitrogens with zero attached hydrogens (tertiary/aromatic N) is 2. The Kier molecular flexibility index (Phi) is 8.54. The molecule has 0 aliphatic rings. The van der Waals surface area contributed by atoms with Gasteiger partial charge in [-0.1, -0.05) is 46.5 Å². The van der Waals surface area contributed by atoms with Crippen LogP contribution in [0.3, 0.4) is 0 Å². The van der Waals surface area contributed by atoms with Gasteiger partial charge in [0.1, 0.15) is 0 Å². The van der Waals surface area contributed by atoms with Gasteiger partial charge in [0.15, 0.2) is 0 Å². The Morgan fingerprint density at radius 1 is 1.20 bits per heavy atom. The van der Waals surface area contributed by atoms with Crippen LogP contribution < -0.4 is 11.3 Å². The van der Waals surface area contributed by atoms with Crippen molar-refractivity contribution in [2.75, 3.05) is 0 Å². The van der Waals surface area contributed by atoms with E-state index in [9.17, 15) is 0 Å². The lowest BCUT2D eigenvalue weighted by molar-refractivity contribution is 0.417. The molecular formula is C16H32N4. The summed E-state index contributed by atoms with van der Waals surface area (Å²) in [6.45, 7) is 6.67. The minimum absolute atomic E-state index is 0.344. The first kappa shape index (κ1) is 17.2. The molecule has 1 heterocycles. The summed E-state index contributed by atoms with van der Waals surface area (Å²) in [4.78, 5) is 0. The van der Waals surface area contributed by atoms with E-state index < -0.39 is 0 Å². The molecule has 0 aliphatic heterocycles. The van der Waals surface area contributed by atoms with Crippen molar-refractivity contribution in [3.8, 4) is 0 Å². The summed E-state index contributed by atoms with van der Waals surface area (Å²) in [7, 11) is 0. The van der Waals surface area contributed by atoms with Gasteiger partial charge >= 0.3 is 0 Å². The molecule has 20 heavy (non-hydrogen) atoms. The average molecular weight is 280 g/mol. The number of hydrazine groups is 1. The molecule has 0 saturated heterocycles. The maximum absolute atomic E-state index is 5.67. The predicted molar refractivity (Wildman–Crippen MR) is 85.4 cm³/mol. The molecule has 0 amide bonds. The third kappa shape index (κ3) is 5.63. The lowest BCUT2D eigenvalue weighted by Crippen LogP contribution is -2.36. The highest BCUT2D eigenvalue weighted by molar-refractivity contribution is 5.02. The molecule has 116 valence electrons. The molecule has 0 aliphatic carbocycles. The Hall–Kier alpha value is -0.870. The van der Waals surface area contributed by atoms with Crippen molar-refractivity contribution in [2.24, 2.45) is 5.84 Å². The van der Waals surface area contributed by atoms with Gasteiger partial charge in [-0.15, -0.1) is 0 Å². The van der Waals surface area contributed by atoms with E-state index in [2.05, 4.69) is 43.1 Å². The first-order valence-corrected chi connectivity index (χ1v) is 8.25. The standard InChI is InChI=1S/C16H32N4/c1-4-7-8-9-10-14(18-17)13-15-11-12-20(19-15)16(5-2)6-3/h11-12,14,16,18H,4-10,13,17H2,1-3H3. The van der Waals surface area contributed by atoms with E-state index in [1.807, 2.05) is 0 Å². The van der Waals surface area contributed by atoms with Gasteiger partial charge < -0.3 is 0 Å². The Labute approximate surface area is 124 Å². The zero-order chi connectivity index (χ0) is 14.8. The fourth-order valence-corrected chi connectivity index (χ4v) is 2.67. The van der Waals surface area contributed by atoms with Gasteiger partial charge in [-0.3, -0.25) is 16.0 Å². The first-order valence-electron chi connectivity index (χ1n) is 8.25. The zero-order valence-corrected chi connectivity index (χ0v) is 13.4. The molecule has 1 aromatic heterocycles. The fourth-order valence-electron chi connectivity index (χ4n) is 2.67. The first-order chi connectivity index (χ1) is 9.74. The number of unbranched alkanes of at least 4 members (excludes halogenated alkanes) is 3. The third-order valence-electron chi connectivity index (χ3n) is 4.08. The predicted octanol–water partition coefficient (Wildman–Crippen LogP) is 3.59. The van der Waals surface area contributed by atoms with Gasteiger partial charge in [0.2, 0.25) is 0 Å². The third-order valence-corrected chi connectivity index (χ3v) is 4.08. The number of nitrogens with one attached hydrogen (secondary N) is 1. The van der Waals surface area contributed by atoms with Crippen molar-refractivity contribution in [3.05, 3.63) is 18.0 Å². The van der Waals surface area contributed by atoms with E-state index >= 15 is 0 Å². The Morgan fingerprint density at radius 3 is 2.55 bits per heavy atom. The van der Waals surface area contributed by atoms with Crippen LogP contribution in [0.2, 0.25) is 0 Å².